The molecule has 1 fully saturated rings. The van der Waals surface area contributed by atoms with Crippen molar-refractivity contribution >= 4 is 0 Å². The Bertz CT molecular complexity index is 341. The van der Waals surface area contributed by atoms with Crippen LogP contribution in [0.5, 0.6) is 0 Å². The van der Waals surface area contributed by atoms with Gasteiger partial charge in [-0.15, -0.1) is 0 Å². The summed E-state index contributed by atoms with van der Waals surface area (Å²) in [4.78, 5) is 0. The highest BCUT2D eigenvalue weighted by atomic mass is 15.2. The molecule has 1 aliphatic rings. The Morgan fingerprint density at radius 1 is 1.53 bits per heavy atom. The highest BCUT2D eigenvalue weighted by molar-refractivity contribution is 5.01. The van der Waals surface area contributed by atoms with Crippen molar-refractivity contribution in [2.24, 2.45) is 18.9 Å². The van der Waals surface area contributed by atoms with Crippen LogP contribution in [0.3, 0.4) is 0 Å². The average molecular weight is 235 g/mol. The zero-order valence-electron chi connectivity index (χ0n) is 11.3. The number of rotatable bonds is 7. The van der Waals surface area contributed by atoms with E-state index in [1.165, 1.54) is 25.0 Å². The van der Waals surface area contributed by atoms with Crippen molar-refractivity contribution in [1.82, 2.24) is 15.1 Å². The van der Waals surface area contributed by atoms with Crippen LogP contribution < -0.4 is 5.32 Å². The first kappa shape index (κ1) is 12.6. The van der Waals surface area contributed by atoms with E-state index in [1.807, 2.05) is 17.9 Å². The third-order valence-electron chi connectivity index (χ3n) is 4.10. The van der Waals surface area contributed by atoms with Crippen LogP contribution in [0, 0.1) is 11.8 Å². The summed E-state index contributed by atoms with van der Waals surface area (Å²) in [7, 11) is 2.03. The molecule has 17 heavy (non-hydrogen) atoms. The first-order chi connectivity index (χ1) is 8.22. The van der Waals surface area contributed by atoms with Gasteiger partial charge in [0, 0.05) is 25.0 Å². The van der Waals surface area contributed by atoms with E-state index in [-0.39, 0.29) is 0 Å². The van der Waals surface area contributed by atoms with Gasteiger partial charge in [0.25, 0.3) is 0 Å². The number of aromatic nitrogens is 2. The van der Waals surface area contributed by atoms with E-state index in [9.17, 15) is 0 Å². The Morgan fingerprint density at radius 2 is 2.29 bits per heavy atom. The molecule has 3 nitrogen and oxygen atoms in total. The van der Waals surface area contributed by atoms with Crippen LogP contribution in [0.15, 0.2) is 12.3 Å². The minimum Gasteiger partial charge on any atom is -0.314 e. The molecule has 1 saturated carbocycles. The summed E-state index contributed by atoms with van der Waals surface area (Å²) in [6, 6.07) is 2.80. The molecular formula is C14H25N3. The van der Waals surface area contributed by atoms with Crippen molar-refractivity contribution in [2.75, 3.05) is 6.54 Å². The van der Waals surface area contributed by atoms with Crippen molar-refractivity contribution in [3.05, 3.63) is 18.0 Å². The highest BCUT2D eigenvalue weighted by Gasteiger charge is 2.32. The molecule has 1 heterocycles. The summed E-state index contributed by atoms with van der Waals surface area (Å²) in [6.45, 7) is 5.69. The maximum atomic E-state index is 4.23. The summed E-state index contributed by atoms with van der Waals surface area (Å²) in [6.07, 6.45) is 7.13. The molecule has 3 heteroatoms. The van der Waals surface area contributed by atoms with Crippen LogP contribution in [0.25, 0.3) is 0 Å². The average Bonchev–Trinajstić information content (AvgIpc) is 3.08. The number of aryl methyl sites for hydroxylation is 2. The monoisotopic (exact) mass is 235 g/mol. The Morgan fingerprint density at radius 3 is 2.82 bits per heavy atom. The van der Waals surface area contributed by atoms with Crippen LogP contribution in [-0.4, -0.2) is 22.4 Å². The fourth-order valence-corrected chi connectivity index (χ4v) is 2.71. The van der Waals surface area contributed by atoms with E-state index in [4.69, 9.17) is 0 Å². The fourth-order valence-electron chi connectivity index (χ4n) is 2.71. The van der Waals surface area contributed by atoms with E-state index in [2.05, 4.69) is 30.3 Å². The third kappa shape index (κ3) is 3.32. The SMILES string of the molecule is CCNC(CCc1ccnn1C)C(C)C1CC1. The maximum absolute atomic E-state index is 4.23. The second-order valence-electron chi connectivity index (χ2n) is 5.35. The molecule has 1 aliphatic carbocycles. The largest absolute Gasteiger partial charge is 0.314 e. The molecule has 96 valence electrons. The fraction of sp³-hybridized carbons (Fsp3) is 0.786. The van der Waals surface area contributed by atoms with Crippen molar-refractivity contribution in [3.8, 4) is 0 Å². The molecular weight excluding hydrogens is 210 g/mol. The zero-order valence-corrected chi connectivity index (χ0v) is 11.3. The van der Waals surface area contributed by atoms with Crippen molar-refractivity contribution < 1.29 is 0 Å². The van der Waals surface area contributed by atoms with Crippen molar-refractivity contribution in [3.63, 3.8) is 0 Å². The molecule has 0 spiro atoms. The van der Waals surface area contributed by atoms with Gasteiger partial charge in [-0.3, -0.25) is 4.68 Å². The highest BCUT2D eigenvalue weighted by Crippen LogP contribution is 2.39. The lowest BCUT2D eigenvalue weighted by atomic mass is 9.92. The van der Waals surface area contributed by atoms with Crippen LogP contribution >= 0.6 is 0 Å². The lowest BCUT2D eigenvalue weighted by Crippen LogP contribution is -2.36. The van der Waals surface area contributed by atoms with Gasteiger partial charge in [0.05, 0.1) is 0 Å². The van der Waals surface area contributed by atoms with Crippen LogP contribution in [-0.2, 0) is 13.5 Å². The van der Waals surface area contributed by atoms with Crippen molar-refractivity contribution in [1.29, 1.82) is 0 Å². The lowest BCUT2D eigenvalue weighted by molar-refractivity contribution is 0.328. The first-order valence-corrected chi connectivity index (χ1v) is 6.92. The molecule has 2 unspecified atom stereocenters. The predicted molar refractivity (Wildman–Crippen MR) is 70.9 cm³/mol. The van der Waals surface area contributed by atoms with Gasteiger partial charge in [-0.25, -0.2) is 0 Å². The standard InChI is InChI=1S/C14H25N3/c1-4-15-14(11(2)12-5-6-12)8-7-13-9-10-16-17(13)3/h9-12,14-15H,4-8H2,1-3H3. The van der Waals surface area contributed by atoms with Gasteiger partial charge in [-0.2, -0.15) is 5.10 Å². The quantitative estimate of drug-likeness (QED) is 0.786. The normalized spacial score (nSPS) is 19.2. The summed E-state index contributed by atoms with van der Waals surface area (Å²) < 4.78 is 1.99. The second kappa shape index (κ2) is 5.67. The molecule has 2 rings (SSSR count). The molecule has 1 aromatic heterocycles. The molecule has 0 saturated heterocycles. The second-order valence-corrected chi connectivity index (χ2v) is 5.35. The smallest absolute Gasteiger partial charge is 0.0492 e. The number of nitrogens with zero attached hydrogens (tertiary/aromatic N) is 2. The molecule has 0 radical (unpaired) electrons. The molecule has 0 aliphatic heterocycles. The van der Waals surface area contributed by atoms with Crippen LogP contribution in [0.1, 0.15) is 38.8 Å². The van der Waals surface area contributed by atoms with Gasteiger partial charge >= 0.3 is 0 Å². The Labute approximate surface area is 105 Å². The number of hydrogen-bond donors (Lipinski definition) is 1. The van der Waals surface area contributed by atoms with E-state index in [1.54, 1.807) is 0 Å². The zero-order chi connectivity index (χ0) is 12.3. The van der Waals surface area contributed by atoms with Gasteiger partial charge in [-0.1, -0.05) is 13.8 Å². The van der Waals surface area contributed by atoms with E-state index in [0.29, 0.717) is 6.04 Å². The van der Waals surface area contributed by atoms with Crippen LogP contribution in [0.4, 0.5) is 0 Å². The molecule has 2 atom stereocenters. The van der Waals surface area contributed by atoms with Gasteiger partial charge in [0.1, 0.15) is 0 Å². The molecule has 1 aromatic rings. The Hall–Kier alpha value is -0.830. The van der Waals surface area contributed by atoms with Gasteiger partial charge in [0.15, 0.2) is 0 Å². The van der Waals surface area contributed by atoms with E-state index < -0.39 is 0 Å². The first-order valence-electron chi connectivity index (χ1n) is 6.92. The summed E-state index contributed by atoms with van der Waals surface area (Å²) in [5, 5.41) is 7.89. The van der Waals surface area contributed by atoms with Gasteiger partial charge < -0.3 is 5.32 Å². The van der Waals surface area contributed by atoms with E-state index >= 15 is 0 Å². The molecule has 0 amide bonds. The summed E-state index contributed by atoms with van der Waals surface area (Å²) >= 11 is 0. The minimum atomic E-state index is 0.669. The molecule has 0 bridgehead atoms. The maximum Gasteiger partial charge on any atom is 0.0492 e. The Balaban J connectivity index is 1.86. The van der Waals surface area contributed by atoms with Crippen LogP contribution in [0.2, 0.25) is 0 Å². The molecule has 1 N–H and O–H groups in total. The number of hydrogen-bond acceptors (Lipinski definition) is 2. The predicted octanol–water partition coefficient (Wildman–Crippen LogP) is 2.38. The van der Waals surface area contributed by atoms with Gasteiger partial charge in [-0.05, 0) is 50.1 Å². The minimum absolute atomic E-state index is 0.669. The molecule has 0 aromatic carbocycles. The van der Waals surface area contributed by atoms with Gasteiger partial charge in [0.2, 0.25) is 0 Å². The summed E-state index contributed by atoms with van der Waals surface area (Å²) in [5.74, 6) is 1.80. The summed E-state index contributed by atoms with van der Waals surface area (Å²) in [5.41, 5.74) is 1.34. The lowest BCUT2D eigenvalue weighted by Gasteiger charge is -2.24. The topological polar surface area (TPSA) is 29.9 Å². The Kier molecular flexibility index (Phi) is 4.21. The third-order valence-corrected chi connectivity index (χ3v) is 4.10. The van der Waals surface area contributed by atoms with E-state index in [0.717, 1.165) is 24.8 Å². The van der Waals surface area contributed by atoms with Crippen molar-refractivity contribution in [2.45, 2.75) is 45.6 Å². The number of nitrogens with one attached hydrogen (secondary N) is 1.